The Morgan fingerprint density at radius 1 is 1.17 bits per heavy atom. The van der Waals surface area contributed by atoms with E-state index in [1.807, 2.05) is 6.92 Å². The van der Waals surface area contributed by atoms with Gasteiger partial charge < -0.3 is 14.7 Å². The van der Waals surface area contributed by atoms with Crippen LogP contribution in [0.25, 0.3) is 0 Å². The average Bonchev–Trinajstić information content (AvgIpc) is 3.32. The summed E-state index contributed by atoms with van der Waals surface area (Å²) in [4.78, 5) is 8.51. The molecule has 1 N–H and O–H groups in total. The summed E-state index contributed by atoms with van der Waals surface area (Å²) in [6.07, 6.45) is 8.64. The minimum absolute atomic E-state index is 0.261. The van der Waals surface area contributed by atoms with E-state index in [1.165, 1.54) is 37.8 Å². The van der Waals surface area contributed by atoms with Crippen LogP contribution in [-0.4, -0.2) is 40.7 Å². The van der Waals surface area contributed by atoms with Gasteiger partial charge in [0.2, 0.25) is 0 Å². The largest absolute Gasteiger partial charge is 0.493 e. The third-order valence-corrected chi connectivity index (χ3v) is 7.80. The Morgan fingerprint density at radius 2 is 1.93 bits per heavy atom. The van der Waals surface area contributed by atoms with Gasteiger partial charge in [-0.25, -0.2) is 9.37 Å². The Labute approximate surface area is 176 Å². The Balaban J connectivity index is 1.36. The summed E-state index contributed by atoms with van der Waals surface area (Å²) in [7, 11) is 0. The Morgan fingerprint density at radius 3 is 2.69 bits per heavy atom. The molecule has 4 nitrogen and oxygen atoms in total. The molecule has 2 heterocycles. The first-order chi connectivity index (χ1) is 14.0. The van der Waals surface area contributed by atoms with E-state index in [9.17, 15) is 9.50 Å². The molecule has 29 heavy (non-hydrogen) atoms. The number of nitrogens with zero attached hydrogens (tertiary/aromatic N) is 2. The van der Waals surface area contributed by atoms with Crippen LogP contribution in [0.15, 0.2) is 24.3 Å². The molecule has 0 bridgehead atoms. The smallest absolute Gasteiger partial charge is 0.125 e. The van der Waals surface area contributed by atoms with Gasteiger partial charge in [-0.2, -0.15) is 0 Å². The van der Waals surface area contributed by atoms with Crippen molar-refractivity contribution in [2.24, 2.45) is 0 Å². The summed E-state index contributed by atoms with van der Waals surface area (Å²) in [5.41, 5.74) is 0.178. The van der Waals surface area contributed by atoms with Gasteiger partial charge in [0.1, 0.15) is 22.2 Å². The zero-order valence-corrected chi connectivity index (χ0v) is 18.0. The van der Waals surface area contributed by atoms with Gasteiger partial charge in [0.05, 0.1) is 12.3 Å². The molecular weight excluding hydrogens is 387 g/mol. The normalized spacial score (nSPS) is 24.0. The maximum atomic E-state index is 13.0. The first kappa shape index (κ1) is 20.8. The summed E-state index contributed by atoms with van der Waals surface area (Å²) in [5.74, 6) is 0.409. The maximum Gasteiger partial charge on any atom is 0.125 e. The molecule has 1 unspecified atom stereocenters. The highest BCUT2D eigenvalue weighted by molar-refractivity contribution is 7.11. The van der Waals surface area contributed by atoms with Gasteiger partial charge in [0.25, 0.3) is 0 Å². The number of aryl methyl sites for hydroxylation is 1. The number of aliphatic hydroxyl groups is 1. The van der Waals surface area contributed by atoms with E-state index >= 15 is 0 Å². The number of likely N-dealkylation sites (tertiary alicyclic amines) is 1. The lowest BCUT2D eigenvalue weighted by Crippen LogP contribution is -2.35. The molecule has 1 atom stereocenters. The van der Waals surface area contributed by atoms with Crippen molar-refractivity contribution >= 4 is 11.3 Å². The summed E-state index contributed by atoms with van der Waals surface area (Å²) in [5, 5.41) is 12.3. The molecule has 0 spiro atoms. The minimum atomic E-state index is -0.807. The third-order valence-electron chi connectivity index (χ3n) is 6.39. The second kappa shape index (κ2) is 9.11. The number of hydrogen-bond acceptors (Lipinski definition) is 5. The summed E-state index contributed by atoms with van der Waals surface area (Å²) < 4.78 is 18.7. The first-order valence-corrected chi connectivity index (χ1v) is 11.7. The van der Waals surface area contributed by atoms with Gasteiger partial charge in [-0.1, -0.05) is 12.8 Å². The van der Waals surface area contributed by atoms with Crippen LogP contribution in [0.5, 0.6) is 5.75 Å². The van der Waals surface area contributed by atoms with Gasteiger partial charge in [-0.05, 0) is 69.8 Å². The number of rotatable bonds is 6. The molecule has 1 aromatic carbocycles. The maximum absolute atomic E-state index is 13.0. The van der Waals surface area contributed by atoms with Crippen LogP contribution in [0.1, 0.15) is 60.5 Å². The molecule has 2 fully saturated rings. The summed E-state index contributed by atoms with van der Waals surface area (Å²) in [6.45, 7) is 4.58. The minimum Gasteiger partial charge on any atom is -0.493 e. The second-order valence-corrected chi connectivity index (χ2v) is 9.52. The van der Waals surface area contributed by atoms with Crippen molar-refractivity contribution in [2.45, 2.75) is 69.9 Å². The van der Waals surface area contributed by atoms with Crippen molar-refractivity contribution in [2.75, 3.05) is 19.7 Å². The molecule has 1 aliphatic carbocycles. The van der Waals surface area contributed by atoms with Crippen LogP contribution >= 0.6 is 11.3 Å². The second-order valence-electron chi connectivity index (χ2n) is 8.44. The Kier molecular flexibility index (Phi) is 6.52. The summed E-state index contributed by atoms with van der Waals surface area (Å²) in [6, 6.07) is 6.81. The lowest BCUT2D eigenvalue weighted by Gasteiger charge is -2.28. The number of thiazole rings is 1. The highest BCUT2D eigenvalue weighted by Gasteiger charge is 2.37. The first-order valence-electron chi connectivity index (χ1n) is 10.9. The van der Waals surface area contributed by atoms with Crippen molar-refractivity contribution in [1.29, 1.82) is 0 Å². The van der Waals surface area contributed by atoms with Crippen LogP contribution < -0.4 is 4.74 Å². The fraction of sp³-hybridized carbons (Fsp3) is 0.609. The van der Waals surface area contributed by atoms with Crippen LogP contribution in [0.3, 0.4) is 0 Å². The third kappa shape index (κ3) is 4.98. The zero-order valence-electron chi connectivity index (χ0n) is 17.2. The van der Waals surface area contributed by atoms with Gasteiger partial charge in [0.15, 0.2) is 0 Å². The van der Waals surface area contributed by atoms with Crippen LogP contribution in [-0.2, 0) is 12.0 Å². The number of halogens is 1. The van der Waals surface area contributed by atoms with E-state index in [-0.39, 0.29) is 5.82 Å². The molecule has 2 aliphatic rings. The van der Waals surface area contributed by atoms with E-state index < -0.39 is 5.60 Å². The standard InChI is InChI=1S/C23H31FN2O2S/c1-17-21(11-16-28-20-9-7-18(24)8-10-20)29-22(25-17)23(27)12-4-14-26(15-13-23)19-5-2-3-6-19/h7-10,19,27H,2-6,11-16H2,1H3. The average molecular weight is 419 g/mol. The molecule has 4 rings (SSSR count). The van der Waals surface area contributed by atoms with Crippen LogP contribution in [0.2, 0.25) is 0 Å². The van der Waals surface area contributed by atoms with E-state index in [2.05, 4.69) is 4.90 Å². The van der Waals surface area contributed by atoms with Gasteiger partial charge in [0, 0.05) is 23.9 Å². The van der Waals surface area contributed by atoms with Crippen LogP contribution in [0, 0.1) is 12.7 Å². The molecule has 0 radical (unpaired) electrons. The summed E-state index contributed by atoms with van der Waals surface area (Å²) >= 11 is 1.63. The van der Waals surface area contributed by atoms with E-state index in [0.717, 1.165) is 60.4 Å². The van der Waals surface area contributed by atoms with Crippen molar-refractivity contribution in [3.8, 4) is 5.75 Å². The fourth-order valence-corrected chi connectivity index (χ4v) is 5.83. The lowest BCUT2D eigenvalue weighted by atomic mass is 9.96. The molecule has 1 saturated carbocycles. The Hall–Kier alpha value is -1.50. The number of hydrogen-bond donors (Lipinski definition) is 1. The van der Waals surface area contributed by atoms with E-state index in [1.54, 1.807) is 23.5 Å². The van der Waals surface area contributed by atoms with Crippen molar-refractivity contribution < 1.29 is 14.2 Å². The van der Waals surface area contributed by atoms with E-state index in [4.69, 9.17) is 9.72 Å². The quantitative estimate of drug-likeness (QED) is 0.730. The van der Waals surface area contributed by atoms with Crippen molar-refractivity contribution in [3.05, 3.63) is 45.7 Å². The van der Waals surface area contributed by atoms with Gasteiger partial charge in [-0.15, -0.1) is 11.3 Å². The molecule has 2 aromatic rings. The predicted molar refractivity (Wildman–Crippen MR) is 114 cm³/mol. The molecule has 0 amide bonds. The lowest BCUT2D eigenvalue weighted by molar-refractivity contribution is 0.0196. The highest BCUT2D eigenvalue weighted by atomic mass is 32.1. The molecular formula is C23H31FN2O2S. The molecule has 1 saturated heterocycles. The fourth-order valence-electron chi connectivity index (χ4n) is 4.64. The Bertz CT molecular complexity index is 804. The SMILES string of the molecule is Cc1nc(C2(O)CCCN(C3CCCC3)CC2)sc1CCOc1ccc(F)cc1. The number of ether oxygens (including phenoxy) is 1. The number of aromatic nitrogens is 1. The van der Waals surface area contributed by atoms with Crippen LogP contribution in [0.4, 0.5) is 4.39 Å². The van der Waals surface area contributed by atoms with E-state index in [0.29, 0.717) is 12.4 Å². The highest BCUT2D eigenvalue weighted by Crippen LogP contribution is 2.38. The molecule has 158 valence electrons. The molecule has 1 aliphatic heterocycles. The zero-order chi connectivity index (χ0) is 20.3. The van der Waals surface area contributed by atoms with Crippen molar-refractivity contribution in [1.82, 2.24) is 9.88 Å². The topological polar surface area (TPSA) is 45.6 Å². The van der Waals surface area contributed by atoms with Crippen molar-refractivity contribution in [3.63, 3.8) is 0 Å². The number of benzene rings is 1. The predicted octanol–water partition coefficient (Wildman–Crippen LogP) is 4.83. The molecule has 1 aromatic heterocycles. The van der Waals surface area contributed by atoms with Gasteiger partial charge in [-0.3, -0.25) is 0 Å². The van der Waals surface area contributed by atoms with Gasteiger partial charge >= 0.3 is 0 Å². The molecule has 6 heteroatoms. The monoisotopic (exact) mass is 418 g/mol.